The summed E-state index contributed by atoms with van der Waals surface area (Å²) in [7, 11) is 0. The summed E-state index contributed by atoms with van der Waals surface area (Å²) in [6.07, 6.45) is 3.44. The van der Waals surface area contributed by atoms with Gasteiger partial charge < -0.3 is 20.4 Å². The first-order chi connectivity index (χ1) is 13.0. The van der Waals surface area contributed by atoms with Crippen LogP contribution in [0.15, 0.2) is 42.7 Å². The van der Waals surface area contributed by atoms with Crippen LogP contribution in [0.5, 0.6) is 0 Å². The van der Waals surface area contributed by atoms with Crippen LogP contribution in [0.2, 0.25) is 0 Å². The van der Waals surface area contributed by atoms with E-state index in [9.17, 15) is 9.59 Å². The van der Waals surface area contributed by atoms with Gasteiger partial charge in [-0.2, -0.15) is 0 Å². The van der Waals surface area contributed by atoms with E-state index in [4.69, 9.17) is 0 Å². The summed E-state index contributed by atoms with van der Waals surface area (Å²) in [5.41, 5.74) is 1.66. The number of hydrogen-bond acceptors (Lipinski definition) is 5. The van der Waals surface area contributed by atoms with E-state index in [1.54, 1.807) is 23.4 Å². The second-order valence-corrected chi connectivity index (χ2v) is 6.50. The van der Waals surface area contributed by atoms with Crippen molar-refractivity contribution >= 4 is 23.6 Å². The zero-order valence-electron chi connectivity index (χ0n) is 15.6. The molecule has 142 valence electrons. The van der Waals surface area contributed by atoms with E-state index in [2.05, 4.69) is 25.5 Å². The van der Waals surface area contributed by atoms with Crippen molar-refractivity contribution in [3.63, 3.8) is 0 Å². The Morgan fingerprint density at radius 1 is 1.07 bits per heavy atom. The smallest absolute Gasteiger partial charge is 0.317 e. The van der Waals surface area contributed by atoms with E-state index in [1.165, 1.54) is 6.92 Å². The Labute approximate surface area is 158 Å². The summed E-state index contributed by atoms with van der Waals surface area (Å²) < 4.78 is 0. The van der Waals surface area contributed by atoms with Crippen molar-refractivity contribution in [3.05, 3.63) is 48.3 Å². The number of aromatic nitrogens is 2. The van der Waals surface area contributed by atoms with Gasteiger partial charge in [-0.25, -0.2) is 14.8 Å². The predicted octanol–water partition coefficient (Wildman–Crippen LogP) is 2.03. The molecular weight excluding hydrogens is 344 g/mol. The van der Waals surface area contributed by atoms with Crippen LogP contribution < -0.4 is 15.5 Å². The number of urea groups is 1. The average molecular weight is 368 g/mol. The fourth-order valence-corrected chi connectivity index (χ4v) is 3.01. The molecule has 1 aromatic carbocycles. The first-order valence-electron chi connectivity index (χ1n) is 8.98. The second kappa shape index (κ2) is 8.48. The minimum atomic E-state index is -0.165. The van der Waals surface area contributed by atoms with Gasteiger partial charge in [-0.3, -0.25) is 4.79 Å². The number of nitrogens with zero attached hydrogens (tertiary/aromatic N) is 4. The molecule has 0 aliphatic carbocycles. The van der Waals surface area contributed by atoms with Crippen LogP contribution >= 0.6 is 0 Å². The van der Waals surface area contributed by atoms with Crippen molar-refractivity contribution in [1.29, 1.82) is 0 Å². The summed E-state index contributed by atoms with van der Waals surface area (Å²) in [6, 6.07) is 9.02. The van der Waals surface area contributed by atoms with E-state index >= 15 is 0 Å². The summed E-state index contributed by atoms with van der Waals surface area (Å²) in [5, 5.41) is 5.78. The molecular formula is C19H24N6O2. The number of anilines is 2. The third-order valence-electron chi connectivity index (χ3n) is 4.45. The number of carbonyl (C=O) groups is 2. The number of rotatable bonds is 4. The second-order valence-electron chi connectivity index (χ2n) is 6.50. The molecule has 1 fully saturated rings. The molecule has 8 heteroatoms. The van der Waals surface area contributed by atoms with Crippen molar-refractivity contribution in [2.24, 2.45) is 0 Å². The molecule has 0 saturated carbocycles. The van der Waals surface area contributed by atoms with Crippen LogP contribution in [0.25, 0.3) is 0 Å². The Morgan fingerprint density at radius 2 is 1.78 bits per heavy atom. The third kappa shape index (κ3) is 4.93. The highest BCUT2D eigenvalue weighted by Gasteiger charge is 2.23. The summed E-state index contributed by atoms with van der Waals surface area (Å²) in [5.74, 6) is 0.574. The molecule has 1 saturated heterocycles. The molecule has 3 rings (SSSR count). The minimum Gasteiger partial charge on any atom is -0.337 e. The molecule has 8 nitrogen and oxygen atoms in total. The monoisotopic (exact) mass is 368 g/mol. The Hall–Kier alpha value is -3.16. The number of amides is 3. The molecule has 0 bridgehead atoms. The van der Waals surface area contributed by atoms with E-state index in [0.717, 1.165) is 11.3 Å². The predicted molar refractivity (Wildman–Crippen MR) is 104 cm³/mol. The van der Waals surface area contributed by atoms with Crippen LogP contribution in [0.3, 0.4) is 0 Å². The fraction of sp³-hybridized carbons (Fsp3) is 0.368. The lowest BCUT2D eigenvalue weighted by Crippen LogP contribution is -2.52. The van der Waals surface area contributed by atoms with Crippen molar-refractivity contribution < 1.29 is 9.59 Å². The van der Waals surface area contributed by atoms with Gasteiger partial charge in [0.25, 0.3) is 0 Å². The van der Waals surface area contributed by atoms with Gasteiger partial charge in [0, 0.05) is 51.2 Å². The quantitative estimate of drug-likeness (QED) is 0.862. The number of benzene rings is 1. The lowest BCUT2D eigenvalue weighted by Gasteiger charge is -2.35. The number of piperazine rings is 1. The van der Waals surface area contributed by atoms with E-state index in [0.29, 0.717) is 32.1 Å². The van der Waals surface area contributed by atoms with Gasteiger partial charge in [0.1, 0.15) is 0 Å². The Balaban J connectivity index is 1.54. The molecule has 0 spiro atoms. The topological polar surface area (TPSA) is 90.5 Å². The number of nitrogens with one attached hydrogen (secondary N) is 2. The molecule has 2 aromatic rings. The van der Waals surface area contributed by atoms with Gasteiger partial charge >= 0.3 is 6.03 Å². The standard InChI is InChI=1S/C19H24N6O2/c1-14(16-5-3-6-17(13-16)23-15(2)26)22-19(27)25-11-9-24(10-12-25)18-20-7-4-8-21-18/h3-8,13-14H,9-12H2,1-2H3,(H,22,27)(H,23,26). The van der Waals surface area contributed by atoms with E-state index in [1.807, 2.05) is 31.2 Å². The zero-order chi connectivity index (χ0) is 19.2. The molecule has 1 atom stereocenters. The van der Waals surface area contributed by atoms with Crippen LogP contribution in [-0.4, -0.2) is 53.0 Å². The van der Waals surface area contributed by atoms with Gasteiger partial charge in [-0.05, 0) is 30.7 Å². The van der Waals surface area contributed by atoms with Crippen LogP contribution in [0, 0.1) is 0 Å². The molecule has 1 aliphatic heterocycles. The summed E-state index contributed by atoms with van der Waals surface area (Å²) >= 11 is 0. The third-order valence-corrected chi connectivity index (χ3v) is 4.45. The molecule has 2 N–H and O–H groups in total. The van der Waals surface area contributed by atoms with Gasteiger partial charge in [-0.15, -0.1) is 0 Å². The van der Waals surface area contributed by atoms with Crippen molar-refractivity contribution in [2.45, 2.75) is 19.9 Å². The van der Waals surface area contributed by atoms with E-state index in [-0.39, 0.29) is 18.0 Å². The normalized spacial score (nSPS) is 15.2. The van der Waals surface area contributed by atoms with Crippen LogP contribution in [0.4, 0.5) is 16.4 Å². The zero-order valence-corrected chi connectivity index (χ0v) is 15.6. The lowest BCUT2D eigenvalue weighted by atomic mass is 10.1. The van der Waals surface area contributed by atoms with Crippen LogP contribution in [0.1, 0.15) is 25.5 Å². The maximum Gasteiger partial charge on any atom is 0.317 e. The molecule has 2 heterocycles. The minimum absolute atomic E-state index is 0.0962. The van der Waals surface area contributed by atoms with Crippen molar-refractivity contribution in [2.75, 3.05) is 36.4 Å². The number of carbonyl (C=O) groups excluding carboxylic acids is 2. The molecule has 3 amide bonds. The highest BCUT2D eigenvalue weighted by Crippen LogP contribution is 2.18. The molecule has 1 aliphatic rings. The number of hydrogen-bond donors (Lipinski definition) is 2. The van der Waals surface area contributed by atoms with Crippen molar-refractivity contribution in [3.8, 4) is 0 Å². The molecule has 1 aromatic heterocycles. The maximum atomic E-state index is 12.6. The van der Waals surface area contributed by atoms with Gasteiger partial charge in [0.05, 0.1) is 6.04 Å². The van der Waals surface area contributed by atoms with Gasteiger partial charge in [0.2, 0.25) is 11.9 Å². The highest BCUT2D eigenvalue weighted by molar-refractivity contribution is 5.88. The largest absolute Gasteiger partial charge is 0.337 e. The average Bonchev–Trinajstić information content (AvgIpc) is 2.68. The molecule has 0 radical (unpaired) electrons. The van der Waals surface area contributed by atoms with Gasteiger partial charge in [-0.1, -0.05) is 12.1 Å². The summed E-state index contributed by atoms with van der Waals surface area (Å²) in [4.78, 5) is 36.2. The lowest BCUT2D eigenvalue weighted by molar-refractivity contribution is -0.114. The Kier molecular flexibility index (Phi) is 5.85. The fourth-order valence-electron chi connectivity index (χ4n) is 3.01. The SMILES string of the molecule is CC(=O)Nc1cccc(C(C)NC(=O)N2CCN(c3ncccn3)CC2)c1. The first-order valence-corrected chi connectivity index (χ1v) is 8.98. The van der Waals surface area contributed by atoms with Crippen LogP contribution in [-0.2, 0) is 4.79 Å². The Morgan fingerprint density at radius 3 is 2.44 bits per heavy atom. The van der Waals surface area contributed by atoms with Gasteiger partial charge in [0.15, 0.2) is 0 Å². The summed E-state index contributed by atoms with van der Waals surface area (Å²) in [6.45, 7) is 6.02. The van der Waals surface area contributed by atoms with E-state index < -0.39 is 0 Å². The highest BCUT2D eigenvalue weighted by atomic mass is 16.2. The maximum absolute atomic E-state index is 12.6. The molecule has 1 unspecified atom stereocenters. The first kappa shape index (κ1) is 18.6. The Bertz CT molecular complexity index is 790. The molecule has 27 heavy (non-hydrogen) atoms. The van der Waals surface area contributed by atoms with Crippen molar-refractivity contribution in [1.82, 2.24) is 20.2 Å².